The van der Waals surface area contributed by atoms with Crippen molar-refractivity contribution in [1.82, 2.24) is 5.32 Å². The van der Waals surface area contributed by atoms with Gasteiger partial charge in [-0.3, -0.25) is 10.1 Å². The van der Waals surface area contributed by atoms with Gasteiger partial charge in [0.1, 0.15) is 18.1 Å². The molecule has 0 saturated carbocycles. The van der Waals surface area contributed by atoms with E-state index in [9.17, 15) is 9.59 Å². The van der Waals surface area contributed by atoms with Crippen LogP contribution in [0.5, 0.6) is 11.5 Å². The van der Waals surface area contributed by atoms with E-state index >= 15 is 0 Å². The number of carbonyl (C=O) groups is 2. The number of amidine groups is 1. The van der Waals surface area contributed by atoms with Gasteiger partial charge in [-0.2, -0.15) is 5.10 Å². The molecular weight excluding hydrogens is 466 g/mol. The predicted octanol–water partition coefficient (Wildman–Crippen LogP) is 4.49. The van der Waals surface area contributed by atoms with E-state index in [-0.39, 0.29) is 15.5 Å². The average molecular weight is 496 g/mol. The second-order valence-electron chi connectivity index (χ2n) is 8.85. The number of aryl methyl sites for hydroxylation is 1. The zero-order chi connectivity index (χ0) is 25.6. The van der Waals surface area contributed by atoms with E-state index in [1.807, 2.05) is 31.2 Å². The zero-order valence-electron chi connectivity index (χ0n) is 20.7. The molecule has 1 N–H and O–H groups in total. The standard InChI is InChI=1S/C26H29N3O5S/c1-16-7-9-19(26(2,3)4)21(11-16)34-15-18-12-17(8-10-20(18)32-5)14-27-29-25-28-24(31)22(35-25)13-23(30)33-6/h7-14H,15H2,1-6H3,(H,28,29,31)/b22-13+,27-14?. The van der Waals surface area contributed by atoms with Crippen LogP contribution in [0.15, 0.2) is 57.6 Å². The van der Waals surface area contributed by atoms with Gasteiger partial charge < -0.3 is 14.2 Å². The van der Waals surface area contributed by atoms with Gasteiger partial charge in [0, 0.05) is 11.6 Å². The monoisotopic (exact) mass is 495 g/mol. The molecule has 184 valence electrons. The molecular formula is C26H29N3O5S. The van der Waals surface area contributed by atoms with Gasteiger partial charge in [0.25, 0.3) is 5.91 Å². The molecule has 35 heavy (non-hydrogen) atoms. The zero-order valence-corrected chi connectivity index (χ0v) is 21.5. The fourth-order valence-corrected chi connectivity index (χ4v) is 4.04. The Bertz CT molecular complexity index is 1210. The molecule has 0 atom stereocenters. The summed E-state index contributed by atoms with van der Waals surface area (Å²) >= 11 is 1.01. The predicted molar refractivity (Wildman–Crippen MR) is 138 cm³/mol. The molecule has 9 heteroatoms. The fourth-order valence-electron chi connectivity index (χ4n) is 3.30. The van der Waals surface area contributed by atoms with E-state index in [1.54, 1.807) is 13.3 Å². The lowest BCUT2D eigenvalue weighted by Crippen LogP contribution is -2.19. The summed E-state index contributed by atoms with van der Waals surface area (Å²) < 4.78 is 16.3. The molecule has 0 aromatic heterocycles. The highest BCUT2D eigenvalue weighted by atomic mass is 32.2. The molecule has 0 spiro atoms. The maximum atomic E-state index is 11.9. The molecule has 1 heterocycles. The Kier molecular flexibility index (Phi) is 8.34. The maximum Gasteiger partial charge on any atom is 0.331 e. The topological polar surface area (TPSA) is 98.6 Å². The van der Waals surface area contributed by atoms with Crippen LogP contribution in [0.25, 0.3) is 0 Å². The first kappa shape index (κ1) is 26.0. The van der Waals surface area contributed by atoms with Gasteiger partial charge in [-0.15, -0.1) is 5.10 Å². The Hall–Kier alpha value is -3.59. The van der Waals surface area contributed by atoms with Crippen LogP contribution < -0.4 is 14.8 Å². The Balaban J connectivity index is 1.76. The molecule has 3 rings (SSSR count). The van der Waals surface area contributed by atoms with Gasteiger partial charge in [-0.25, -0.2) is 4.79 Å². The van der Waals surface area contributed by atoms with E-state index in [0.29, 0.717) is 12.4 Å². The SMILES string of the molecule is COC(=O)/C=C1/S/C(=N\N=Cc2ccc(OC)c(COc3cc(C)ccc3C(C)(C)C)c2)NC1=O. The van der Waals surface area contributed by atoms with Gasteiger partial charge in [0.05, 0.1) is 25.3 Å². The Morgan fingerprint density at radius 1 is 1.11 bits per heavy atom. The van der Waals surface area contributed by atoms with Crippen LogP contribution in [-0.2, 0) is 26.3 Å². The minimum absolute atomic E-state index is 0.0552. The lowest BCUT2D eigenvalue weighted by Gasteiger charge is -2.23. The molecule has 0 bridgehead atoms. The average Bonchev–Trinajstić information content (AvgIpc) is 3.15. The van der Waals surface area contributed by atoms with Crippen molar-refractivity contribution in [3.05, 3.63) is 69.6 Å². The van der Waals surface area contributed by atoms with Crippen LogP contribution in [0.1, 0.15) is 43.0 Å². The van der Waals surface area contributed by atoms with Crippen molar-refractivity contribution in [2.75, 3.05) is 14.2 Å². The molecule has 8 nitrogen and oxygen atoms in total. The number of hydrogen-bond acceptors (Lipinski definition) is 8. The van der Waals surface area contributed by atoms with E-state index in [4.69, 9.17) is 9.47 Å². The molecule has 0 unspecified atom stereocenters. The Morgan fingerprint density at radius 2 is 1.89 bits per heavy atom. The molecule has 1 aliphatic heterocycles. The second-order valence-corrected chi connectivity index (χ2v) is 9.88. The fraction of sp³-hybridized carbons (Fsp3) is 0.308. The number of ether oxygens (including phenoxy) is 3. The number of carbonyl (C=O) groups excluding carboxylic acids is 2. The number of benzene rings is 2. The number of nitrogens with zero attached hydrogens (tertiary/aromatic N) is 2. The molecule has 1 saturated heterocycles. The van der Waals surface area contributed by atoms with Crippen molar-refractivity contribution < 1.29 is 23.8 Å². The van der Waals surface area contributed by atoms with Crippen molar-refractivity contribution >= 4 is 35.0 Å². The van der Waals surface area contributed by atoms with E-state index in [0.717, 1.165) is 45.8 Å². The van der Waals surface area contributed by atoms with Gasteiger partial charge in [-0.1, -0.05) is 32.9 Å². The molecule has 0 radical (unpaired) electrons. The van der Waals surface area contributed by atoms with Crippen LogP contribution in [0, 0.1) is 6.92 Å². The highest BCUT2D eigenvalue weighted by molar-refractivity contribution is 8.18. The lowest BCUT2D eigenvalue weighted by molar-refractivity contribution is -0.135. The first-order valence-electron chi connectivity index (χ1n) is 10.9. The second kappa shape index (κ2) is 11.2. The van der Waals surface area contributed by atoms with Crippen LogP contribution in [0.4, 0.5) is 0 Å². The number of amides is 1. The van der Waals surface area contributed by atoms with Crippen molar-refractivity contribution in [2.45, 2.75) is 39.7 Å². The van der Waals surface area contributed by atoms with Crippen LogP contribution in [-0.4, -0.2) is 37.5 Å². The van der Waals surface area contributed by atoms with Gasteiger partial charge in [0.2, 0.25) is 0 Å². The van der Waals surface area contributed by atoms with Crippen molar-refractivity contribution in [2.24, 2.45) is 10.2 Å². The Morgan fingerprint density at radius 3 is 2.57 bits per heavy atom. The summed E-state index contributed by atoms with van der Waals surface area (Å²) in [6.45, 7) is 8.83. The smallest absolute Gasteiger partial charge is 0.331 e. The quantitative estimate of drug-likeness (QED) is 0.263. The minimum Gasteiger partial charge on any atom is -0.496 e. The normalized spacial score (nSPS) is 16.1. The lowest BCUT2D eigenvalue weighted by atomic mass is 9.86. The first-order valence-corrected chi connectivity index (χ1v) is 11.7. The van der Waals surface area contributed by atoms with E-state index in [2.05, 4.69) is 53.2 Å². The van der Waals surface area contributed by atoms with Gasteiger partial charge >= 0.3 is 5.97 Å². The number of methoxy groups -OCH3 is 2. The van der Waals surface area contributed by atoms with E-state index < -0.39 is 11.9 Å². The van der Waals surface area contributed by atoms with Crippen molar-refractivity contribution in [1.29, 1.82) is 0 Å². The summed E-state index contributed by atoms with van der Waals surface area (Å²) in [5.74, 6) is 0.508. The van der Waals surface area contributed by atoms with Crippen LogP contribution in [0.2, 0.25) is 0 Å². The first-order chi connectivity index (χ1) is 16.6. The summed E-state index contributed by atoms with van der Waals surface area (Å²) in [6.07, 6.45) is 2.68. The third-order valence-corrected chi connectivity index (χ3v) is 5.99. The number of rotatable bonds is 7. The van der Waals surface area contributed by atoms with Crippen LogP contribution >= 0.6 is 11.8 Å². The van der Waals surface area contributed by atoms with Crippen LogP contribution in [0.3, 0.4) is 0 Å². The Labute approximate surface area is 209 Å². The van der Waals surface area contributed by atoms with Gasteiger partial charge in [0.15, 0.2) is 5.17 Å². The van der Waals surface area contributed by atoms with Gasteiger partial charge in [-0.05, 0) is 65.1 Å². The molecule has 0 aliphatic carbocycles. The molecule has 2 aromatic rings. The molecule has 1 fully saturated rings. The summed E-state index contributed by atoms with van der Waals surface area (Å²) in [7, 11) is 2.86. The largest absolute Gasteiger partial charge is 0.496 e. The molecule has 1 amide bonds. The summed E-state index contributed by atoms with van der Waals surface area (Å²) in [5, 5.41) is 10.9. The highest BCUT2D eigenvalue weighted by Gasteiger charge is 2.25. The number of thioether (sulfide) groups is 1. The summed E-state index contributed by atoms with van der Waals surface area (Å²) in [5.41, 5.74) is 3.85. The third-order valence-electron chi connectivity index (χ3n) is 5.09. The maximum absolute atomic E-state index is 11.9. The number of esters is 1. The number of nitrogens with one attached hydrogen (secondary N) is 1. The summed E-state index contributed by atoms with van der Waals surface area (Å²) in [6, 6.07) is 11.9. The van der Waals surface area contributed by atoms with Crippen molar-refractivity contribution in [3.63, 3.8) is 0 Å². The summed E-state index contributed by atoms with van der Waals surface area (Å²) in [4.78, 5) is 23.5. The minimum atomic E-state index is -0.610. The molecule has 2 aromatic carbocycles. The molecule has 1 aliphatic rings. The van der Waals surface area contributed by atoms with Crippen molar-refractivity contribution in [3.8, 4) is 11.5 Å². The highest BCUT2D eigenvalue weighted by Crippen LogP contribution is 2.33. The van der Waals surface area contributed by atoms with E-state index in [1.165, 1.54) is 7.11 Å². The third kappa shape index (κ3) is 6.95. The number of hydrogen-bond donors (Lipinski definition) is 1.